The molecule has 0 saturated carbocycles. The predicted octanol–water partition coefficient (Wildman–Crippen LogP) is 3.75. The quantitative estimate of drug-likeness (QED) is 0.915. The van der Waals surface area contributed by atoms with Gasteiger partial charge in [-0.1, -0.05) is 24.3 Å². The van der Waals surface area contributed by atoms with Gasteiger partial charge in [-0.2, -0.15) is 0 Å². The van der Waals surface area contributed by atoms with Crippen molar-refractivity contribution in [2.45, 2.75) is 24.9 Å². The summed E-state index contributed by atoms with van der Waals surface area (Å²) in [5.74, 6) is 0.326. The highest BCUT2D eigenvalue weighted by molar-refractivity contribution is 9.11. The molecule has 1 N–H and O–H groups in total. The lowest BCUT2D eigenvalue weighted by molar-refractivity contribution is 0.134. The minimum absolute atomic E-state index is 0.254. The van der Waals surface area contributed by atoms with Crippen molar-refractivity contribution in [3.63, 3.8) is 0 Å². The van der Waals surface area contributed by atoms with Crippen LogP contribution in [0.4, 0.5) is 0 Å². The Morgan fingerprint density at radius 3 is 2.82 bits per heavy atom. The maximum atomic E-state index is 10.3. The van der Waals surface area contributed by atoms with Gasteiger partial charge in [0, 0.05) is 17.2 Å². The first-order valence-electron chi connectivity index (χ1n) is 5.74. The number of hydrogen-bond donors (Lipinski definition) is 1. The van der Waals surface area contributed by atoms with Gasteiger partial charge >= 0.3 is 0 Å². The van der Waals surface area contributed by atoms with Gasteiger partial charge in [0.2, 0.25) is 0 Å². The van der Waals surface area contributed by atoms with Crippen LogP contribution < -0.4 is 0 Å². The Balaban J connectivity index is 1.71. The second kappa shape index (κ2) is 4.56. The van der Waals surface area contributed by atoms with Crippen molar-refractivity contribution in [2.24, 2.45) is 0 Å². The number of aliphatic hydroxyl groups excluding tert-OH is 1. The Labute approximate surface area is 113 Å². The molecule has 2 unspecified atom stereocenters. The van der Waals surface area contributed by atoms with E-state index in [1.165, 1.54) is 16.0 Å². The molecule has 0 spiro atoms. The number of fused-ring (bicyclic) bond motifs is 1. The number of halogens is 1. The second-order valence-corrected chi connectivity index (χ2v) is 7.03. The predicted molar refractivity (Wildman–Crippen MR) is 74.6 cm³/mol. The van der Waals surface area contributed by atoms with Gasteiger partial charge < -0.3 is 5.11 Å². The highest BCUT2D eigenvalue weighted by Gasteiger charge is 2.31. The number of rotatable bonds is 3. The lowest BCUT2D eigenvalue weighted by Gasteiger charge is -2.33. The Morgan fingerprint density at radius 1 is 1.29 bits per heavy atom. The van der Waals surface area contributed by atoms with E-state index in [9.17, 15) is 5.11 Å². The molecule has 1 heterocycles. The van der Waals surface area contributed by atoms with E-state index in [0.29, 0.717) is 5.92 Å². The highest BCUT2D eigenvalue weighted by atomic mass is 79.9. The molecule has 0 radical (unpaired) electrons. The average molecular weight is 309 g/mol. The number of hydrogen-bond acceptors (Lipinski definition) is 2. The van der Waals surface area contributed by atoms with Gasteiger partial charge in [0.1, 0.15) is 0 Å². The largest absolute Gasteiger partial charge is 0.392 e. The molecule has 1 aliphatic rings. The second-order valence-electron chi connectivity index (χ2n) is 4.49. The Bertz CT molecular complexity index is 535. The summed E-state index contributed by atoms with van der Waals surface area (Å²) < 4.78 is 1.13. The highest BCUT2D eigenvalue weighted by Crippen LogP contribution is 2.38. The van der Waals surface area contributed by atoms with Crippen LogP contribution >= 0.6 is 27.3 Å². The van der Waals surface area contributed by atoms with E-state index in [1.54, 1.807) is 11.3 Å². The summed E-state index contributed by atoms with van der Waals surface area (Å²) in [6.45, 7) is 0. The smallest absolute Gasteiger partial charge is 0.0701 e. The topological polar surface area (TPSA) is 20.2 Å². The van der Waals surface area contributed by atoms with E-state index in [2.05, 4.69) is 46.3 Å². The van der Waals surface area contributed by atoms with Gasteiger partial charge in [0.05, 0.1) is 9.89 Å². The summed E-state index contributed by atoms with van der Waals surface area (Å²) in [6, 6.07) is 12.5. The molecule has 1 aromatic carbocycles. The first-order valence-corrected chi connectivity index (χ1v) is 7.35. The zero-order valence-electron chi connectivity index (χ0n) is 9.27. The van der Waals surface area contributed by atoms with Gasteiger partial charge in [-0.3, -0.25) is 0 Å². The Hall–Kier alpha value is -0.640. The van der Waals surface area contributed by atoms with Crippen molar-refractivity contribution in [1.29, 1.82) is 0 Å². The molecule has 1 aliphatic carbocycles. The van der Waals surface area contributed by atoms with E-state index >= 15 is 0 Å². The zero-order chi connectivity index (χ0) is 11.8. The summed E-state index contributed by atoms with van der Waals surface area (Å²) in [5.41, 5.74) is 2.72. The third-order valence-corrected chi connectivity index (χ3v) is 5.04. The molecule has 0 saturated heterocycles. The summed E-state index contributed by atoms with van der Waals surface area (Å²) in [7, 11) is 0. The minimum atomic E-state index is -0.254. The van der Waals surface area contributed by atoms with Crippen LogP contribution in [0.15, 0.2) is 40.2 Å². The third kappa shape index (κ3) is 2.19. The lowest BCUT2D eigenvalue weighted by Crippen LogP contribution is -2.30. The summed E-state index contributed by atoms with van der Waals surface area (Å²) in [5, 5.41) is 10.3. The summed E-state index contributed by atoms with van der Waals surface area (Å²) in [6.07, 6.45) is 1.52. The fourth-order valence-corrected chi connectivity index (χ4v) is 3.98. The van der Waals surface area contributed by atoms with Gasteiger partial charge in [-0.15, -0.1) is 11.3 Å². The third-order valence-electron chi connectivity index (χ3n) is 3.40. The van der Waals surface area contributed by atoms with E-state index in [1.807, 2.05) is 6.07 Å². The Morgan fingerprint density at radius 2 is 2.12 bits per heavy atom. The van der Waals surface area contributed by atoms with Crippen LogP contribution in [0.25, 0.3) is 0 Å². The van der Waals surface area contributed by atoms with Crippen molar-refractivity contribution in [2.75, 3.05) is 0 Å². The van der Waals surface area contributed by atoms with Crippen LogP contribution in [-0.2, 0) is 12.8 Å². The van der Waals surface area contributed by atoms with Gasteiger partial charge in [0.25, 0.3) is 0 Å². The standard InChI is InChI=1S/C14H13BrOS/c15-14-6-5-10(17-14)8-13(16)12-7-9-3-1-2-4-11(9)12/h1-6,12-13,16H,7-8H2. The van der Waals surface area contributed by atoms with Gasteiger partial charge in [-0.05, 0) is 45.6 Å². The van der Waals surface area contributed by atoms with Crippen molar-refractivity contribution in [1.82, 2.24) is 0 Å². The first kappa shape index (κ1) is 11.5. The number of thiophene rings is 1. The van der Waals surface area contributed by atoms with Crippen LogP contribution in [0.2, 0.25) is 0 Å². The molecule has 0 amide bonds. The van der Waals surface area contributed by atoms with Gasteiger partial charge in [0.15, 0.2) is 0 Å². The van der Waals surface area contributed by atoms with Gasteiger partial charge in [-0.25, -0.2) is 0 Å². The molecule has 88 valence electrons. The monoisotopic (exact) mass is 308 g/mol. The molecule has 1 nitrogen and oxygen atoms in total. The lowest BCUT2D eigenvalue weighted by atomic mass is 9.74. The molecular weight excluding hydrogens is 296 g/mol. The fourth-order valence-electron chi connectivity index (χ4n) is 2.45. The Kier molecular flexibility index (Phi) is 3.07. The normalized spacial score (nSPS) is 19.5. The molecule has 0 aliphatic heterocycles. The average Bonchev–Trinajstić information content (AvgIpc) is 2.66. The zero-order valence-corrected chi connectivity index (χ0v) is 11.7. The fraction of sp³-hybridized carbons (Fsp3) is 0.286. The van der Waals surface area contributed by atoms with Crippen molar-refractivity contribution < 1.29 is 5.11 Å². The molecule has 1 aromatic heterocycles. The molecule has 0 bridgehead atoms. The van der Waals surface area contributed by atoms with Crippen molar-refractivity contribution in [3.05, 3.63) is 56.2 Å². The van der Waals surface area contributed by atoms with Crippen LogP contribution in [0.5, 0.6) is 0 Å². The van der Waals surface area contributed by atoms with E-state index < -0.39 is 0 Å². The molecule has 17 heavy (non-hydrogen) atoms. The first-order chi connectivity index (χ1) is 8.24. The molecule has 3 heteroatoms. The molecule has 2 aromatic rings. The van der Waals surface area contributed by atoms with Crippen LogP contribution in [0.1, 0.15) is 21.9 Å². The molecule has 0 fully saturated rings. The summed E-state index contributed by atoms with van der Waals surface area (Å²) in [4.78, 5) is 1.24. The van der Waals surface area contributed by atoms with Crippen molar-refractivity contribution >= 4 is 27.3 Å². The van der Waals surface area contributed by atoms with E-state index in [0.717, 1.165) is 16.6 Å². The maximum absolute atomic E-state index is 10.3. The minimum Gasteiger partial charge on any atom is -0.392 e. The SMILES string of the molecule is OC(Cc1ccc(Br)s1)C1Cc2ccccc21. The van der Waals surface area contributed by atoms with E-state index in [-0.39, 0.29) is 6.10 Å². The molecular formula is C14H13BrOS. The summed E-state index contributed by atoms with van der Waals surface area (Å²) >= 11 is 5.16. The number of aliphatic hydroxyl groups is 1. The van der Waals surface area contributed by atoms with E-state index in [4.69, 9.17) is 0 Å². The van der Waals surface area contributed by atoms with Crippen LogP contribution in [-0.4, -0.2) is 11.2 Å². The number of benzene rings is 1. The molecule has 2 atom stereocenters. The van der Waals surface area contributed by atoms with Crippen LogP contribution in [0.3, 0.4) is 0 Å². The van der Waals surface area contributed by atoms with Crippen LogP contribution in [0, 0.1) is 0 Å². The maximum Gasteiger partial charge on any atom is 0.0701 e. The molecule has 3 rings (SSSR count). The van der Waals surface area contributed by atoms with Crippen molar-refractivity contribution in [3.8, 4) is 0 Å².